The maximum atomic E-state index is 8.54. The van der Waals surface area contributed by atoms with E-state index in [1.807, 2.05) is 0 Å². The second-order valence-corrected chi connectivity index (χ2v) is 4.69. The van der Waals surface area contributed by atoms with Crippen LogP contribution in [0.3, 0.4) is 0 Å². The van der Waals surface area contributed by atoms with Gasteiger partial charge in [0.05, 0.1) is 19.8 Å². The molecule has 0 atom stereocenters. The van der Waals surface area contributed by atoms with Crippen molar-refractivity contribution < 1.29 is 9.84 Å². The normalized spacial score (nSPS) is 19.5. The van der Waals surface area contributed by atoms with Crippen LogP contribution in [0, 0.1) is 0 Å². The van der Waals surface area contributed by atoms with E-state index in [-0.39, 0.29) is 6.61 Å². The first-order valence-electron chi connectivity index (χ1n) is 6.40. The molecule has 16 heavy (non-hydrogen) atoms. The fraction of sp³-hybridized carbons (Fsp3) is 1.00. The predicted octanol–water partition coefficient (Wildman–Crippen LogP) is 0.458. The number of nitrogens with zero attached hydrogens (tertiary/aromatic N) is 1. The zero-order chi connectivity index (χ0) is 11.8. The summed E-state index contributed by atoms with van der Waals surface area (Å²) in [6, 6.07) is 1.32. The SMILES string of the molecule is CC(C)N1CCC(NCCOCCO)CC1. The molecule has 1 fully saturated rings. The van der Waals surface area contributed by atoms with Crippen LogP contribution in [0.1, 0.15) is 26.7 Å². The summed E-state index contributed by atoms with van der Waals surface area (Å²) in [5.74, 6) is 0. The quantitative estimate of drug-likeness (QED) is 0.624. The monoisotopic (exact) mass is 230 g/mol. The maximum Gasteiger partial charge on any atom is 0.0698 e. The molecule has 0 unspecified atom stereocenters. The first-order chi connectivity index (χ1) is 7.74. The Kier molecular flexibility index (Phi) is 6.96. The molecular weight excluding hydrogens is 204 g/mol. The molecule has 0 aliphatic carbocycles. The number of aliphatic hydroxyl groups is 1. The van der Waals surface area contributed by atoms with Gasteiger partial charge in [-0.2, -0.15) is 0 Å². The van der Waals surface area contributed by atoms with E-state index in [0.29, 0.717) is 25.3 Å². The average molecular weight is 230 g/mol. The minimum absolute atomic E-state index is 0.118. The van der Waals surface area contributed by atoms with Crippen LogP contribution < -0.4 is 5.32 Å². The van der Waals surface area contributed by atoms with Gasteiger partial charge in [0, 0.05) is 18.6 Å². The standard InChI is InChI=1S/C12H26N2O2/c1-11(2)14-6-3-12(4-7-14)13-5-9-16-10-8-15/h11-13,15H,3-10H2,1-2H3. The Labute approximate surface area is 99.0 Å². The number of nitrogens with one attached hydrogen (secondary N) is 1. The van der Waals surface area contributed by atoms with Gasteiger partial charge in [0.1, 0.15) is 0 Å². The van der Waals surface area contributed by atoms with E-state index in [9.17, 15) is 0 Å². The zero-order valence-corrected chi connectivity index (χ0v) is 10.6. The van der Waals surface area contributed by atoms with E-state index in [2.05, 4.69) is 24.1 Å². The molecule has 96 valence electrons. The van der Waals surface area contributed by atoms with E-state index in [4.69, 9.17) is 9.84 Å². The Morgan fingerprint density at radius 2 is 2.00 bits per heavy atom. The highest BCUT2D eigenvalue weighted by Crippen LogP contribution is 2.12. The third-order valence-electron chi connectivity index (χ3n) is 3.17. The van der Waals surface area contributed by atoms with Crippen molar-refractivity contribution in [1.29, 1.82) is 0 Å². The minimum atomic E-state index is 0.118. The van der Waals surface area contributed by atoms with Crippen LogP contribution in [0.2, 0.25) is 0 Å². The van der Waals surface area contributed by atoms with Gasteiger partial charge in [-0.25, -0.2) is 0 Å². The van der Waals surface area contributed by atoms with Crippen LogP contribution in [-0.2, 0) is 4.74 Å². The van der Waals surface area contributed by atoms with Crippen LogP contribution in [-0.4, -0.2) is 61.5 Å². The van der Waals surface area contributed by atoms with Gasteiger partial charge in [0.2, 0.25) is 0 Å². The molecule has 0 bridgehead atoms. The summed E-state index contributed by atoms with van der Waals surface area (Å²) >= 11 is 0. The van der Waals surface area contributed by atoms with Gasteiger partial charge in [0.15, 0.2) is 0 Å². The molecule has 0 amide bonds. The first-order valence-corrected chi connectivity index (χ1v) is 6.40. The van der Waals surface area contributed by atoms with Crippen molar-refractivity contribution >= 4 is 0 Å². The first kappa shape index (κ1) is 13.9. The van der Waals surface area contributed by atoms with Crippen LogP contribution in [0.5, 0.6) is 0 Å². The molecule has 0 aromatic carbocycles. The Morgan fingerprint density at radius 3 is 2.56 bits per heavy atom. The molecule has 2 N–H and O–H groups in total. The number of hydrogen-bond acceptors (Lipinski definition) is 4. The number of rotatable bonds is 7. The Bertz CT molecular complexity index is 168. The van der Waals surface area contributed by atoms with Crippen molar-refractivity contribution in [3.05, 3.63) is 0 Å². The minimum Gasteiger partial charge on any atom is -0.394 e. The fourth-order valence-electron chi connectivity index (χ4n) is 2.12. The average Bonchev–Trinajstić information content (AvgIpc) is 2.29. The number of aliphatic hydroxyl groups excluding tert-OH is 1. The highest BCUT2D eigenvalue weighted by molar-refractivity contribution is 4.78. The molecule has 4 nitrogen and oxygen atoms in total. The molecule has 1 rings (SSSR count). The van der Waals surface area contributed by atoms with Crippen LogP contribution >= 0.6 is 0 Å². The van der Waals surface area contributed by atoms with E-state index in [1.54, 1.807) is 0 Å². The van der Waals surface area contributed by atoms with Gasteiger partial charge in [-0.05, 0) is 39.8 Å². The number of ether oxygens (including phenoxy) is 1. The lowest BCUT2D eigenvalue weighted by molar-refractivity contribution is 0.0893. The zero-order valence-electron chi connectivity index (χ0n) is 10.6. The molecule has 1 aliphatic rings. The second-order valence-electron chi connectivity index (χ2n) is 4.69. The summed E-state index contributed by atoms with van der Waals surface area (Å²) in [6.07, 6.45) is 2.47. The molecule has 1 heterocycles. The lowest BCUT2D eigenvalue weighted by atomic mass is 10.0. The lowest BCUT2D eigenvalue weighted by Gasteiger charge is -2.35. The number of likely N-dealkylation sites (tertiary alicyclic amines) is 1. The van der Waals surface area contributed by atoms with Crippen molar-refractivity contribution in [1.82, 2.24) is 10.2 Å². The molecule has 1 saturated heterocycles. The van der Waals surface area contributed by atoms with Crippen molar-refractivity contribution in [2.24, 2.45) is 0 Å². The summed E-state index contributed by atoms with van der Waals surface area (Å²) in [7, 11) is 0. The maximum absolute atomic E-state index is 8.54. The van der Waals surface area contributed by atoms with Crippen molar-refractivity contribution in [2.75, 3.05) is 39.5 Å². The van der Waals surface area contributed by atoms with E-state index in [0.717, 1.165) is 6.54 Å². The Morgan fingerprint density at radius 1 is 1.31 bits per heavy atom. The summed E-state index contributed by atoms with van der Waals surface area (Å²) in [6.45, 7) is 9.09. The van der Waals surface area contributed by atoms with Gasteiger partial charge in [-0.15, -0.1) is 0 Å². The molecule has 0 saturated carbocycles. The smallest absolute Gasteiger partial charge is 0.0698 e. The second kappa shape index (κ2) is 8.01. The van der Waals surface area contributed by atoms with E-state index < -0.39 is 0 Å². The Balaban J connectivity index is 1.99. The van der Waals surface area contributed by atoms with Gasteiger partial charge in [-0.3, -0.25) is 0 Å². The van der Waals surface area contributed by atoms with E-state index in [1.165, 1.54) is 25.9 Å². The topological polar surface area (TPSA) is 44.7 Å². The molecule has 0 aromatic rings. The van der Waals surface area contributed by atoms with Crippen molar-refractivity contribution in [2.45, 2.75) is 38.8 Å². The van der Waals surface area contributed by atoms with Crippen molar-refractivity contribution in [3.8, 4) is 0 Å². The summed E-state index contributed by atoms with van der Waals surface area (Å²) in [4.78, 5) is 2.53. The third-order valence-corrected chi connectivity index (χ3v) is 3.17. The van der Waals surface area contributed by atoms with E-state index >= 15 is 0 Å². The van der Waals surface area contributed by atoms with Crippen LogP contribution in [0.15, 0.2) is 0 Å². The predicted molar refractivity (Wildman–Crippen MR) is 65.6 cm³/mol. The molecule has 0 radical (unpaired) electrons. The molecule has 1 aliphatic heterocycles. The number of piperidine rings is 1. The van der Waals surface area contributed by atoms with Gasteiger partial charge >= 0.3 is 0 Å². The highest BCUT2D eigenvalue weighted by atomic mass is 16.5. The molecule has 0 aromatic heterocycles. The van der Waals surface area contributed by atoms with Gasteiger partial charge in [0.25, 0.3) is 0 Å². The lowest BCUT2D eigenvalue weighted by Crippen LogP contribution is -2.45. The van der Waals surface area contributed by atoms with Gasteiger partial charge in [-0.1, -0.05) is 0 Å². The number of hydrogen-bond donors (Lipinski definition) is 2. The third kappa shape index (κ3) is 5.25. The molecule has 4 heteroatoms. The Hall–Kier alpha value is -0.160. The fourth-order valence-corrected chi connectivity index (χ4v) is 2.12. The summed E-state index contributed by atoms with van der Waals surface area (Å²) in [5.41, 5.74) is 0. The van der Waals surface area contributed by atoms with Crippen molar-refractivity contribution in [3.63, 3.8) is 0 Å². The summed E-state index contributed by atoms with van der Waals surface area (Å²) < 4.78 is 5.21. The largest absolute Gasteiger partial charge is 0.394 e. The summed E-state index contributed by atoms with van der Waals surface area (Å²) in [5, 5.41) is 12.1. The molecule has 0 spiro atoms. The molecular formula is C12H26N2O2. The van der Waals surface area contributed by atoms with Crippen LogP contribution in [0.4, 0.5) is 0 Å². The highest BCUT2D eigenvalue weighted by Gasteiger charge is 2.19. The van der Waals surface area contributed by atoms with Gasteiger partial charge < -0.3 is 20.1 Å². The van der Waals surface area contributed by atoms with Crippen LogP contribution in [0.25, 0.3) is 0 Å².